The third kappa shape index (κ3) is 2.94. The van der Waals surface area contributed by atoms with E-state index >= 15 is 0 Å². The molecule has 0 aliphatic heterocycles. The molecule has 0 saturated heterocycles. The molecule has 1 aromatic carbocycles. The predicted octanol–water partition coefficient (Wildman–Crippen LogP) is 2.12. The SMILES string of the molecule is C[C@@H](NCCO)c1ccc(F)c(Cl)c1. The molecular formula is C10H13ClFNO. The average molecular weight is 218 g/mol. The van der Waals surface area contributed by atoms with E-state index in [2.05, 4.69) is 5.32 Å². The summed E-state index contributed by atoms with van der Waals surface area (Å²) in [5.74, 6) is -0.412. The van der Waals surface area contributed by atoms with Crippen LogP contribution in [0.5, 0.6) is 0 Å². The Bertz CT molecular complexity index is 306. The van der Waals surface area contributed by atoms with Crippen LogP contribution in [0, 0.1) is 5.82 Å². The lowest BCUT2D eigenvalue weighted by molar-refractivity contribution is 0.286. The smallest absolute Gasteiger partial charge is 0.141 e. The van der Waals surface area contributed by atoms with Crippen molar-refractivity contribution in [3.05, 3.63) is 34.6 Å². The molecule has 0 aromatic heterocycles. The van der Waals surface area contributed by atoms with E-state index in [-0.39, 0.29) is 17.7 Å². The highest BCUT2D eigenvalue weighted by molar-refractivity contribution is 6.30. The van der Waals surface area contributed by atoms with Crippen molar-refractivity contribution in [2.24, 2.45) is 0 Å². The van der Waals surface area contributed by atoms with Gasteiger partial charge in [-0.15, -0.1) is 0 Å². The largest absolute Gasteiger partial charge is 0.395 e. The molecule has 0 unspecified atom stereocenters. The van der Waals surface area contributed by atoms with E-state index in [4.69, 9.17) is 16.7 Å². The Labute approximate surface area is 87.7 Å². The highest BCUT2D eigenvalue weighted by Crippen LogP contribution is 2.20. The number of aliphatic hydroxyl groups is 1. The van der Waals surface area contributed by atoms with Gasteiger partial charge in [0.25, 0.3) is 0 Å². The lowest BCUT2D eigenvalue weighted by Gasteiger charge is -2.13. The summed E-state index contributed by atoms with van der Waals surface area (Å²) in [4.78, 5) is 0. The van der Waals surface area contributed by atoms with Crippen LogP contribution >= 0.6 is 11.6 Å². The van der Waals surface area contributed by atoms with Crippen molar-refractivity contribution < 1.29 is 9.50 Å². The molecule has 14 heavy (non-hydrogen) atoms. The number of nitrogens with one attached hydrogen (secondary N) is 1. The van der Waals surface area contributed by atoms with Crippen LogP contribution in [0.3, 0.4) is 0 Å². The molecule has 0 bridgehead atoms. The van der Waals surface area contributed by atoms with Gasteiger partial charge < -0.3 is 10.4 Å². The first-order chi connectivity index (χ1) is 6.65. The minimum atomic E-state index is -0.412. The van der Waals surface area contributed by atoms with Gasteiger partial charge in [0.1, 0.15) is 5.82 Å². The van der Waals surface area contributed by atoms with Gasteiger partial charge >= 0.3 is 0 Å². The summed E-state index contributed by atoms with van der Waals surface area (Å²) < 4.78 is 12.8. The monoisotopic (exact) mass is 217 g/mol. The summed E-state index contributed by atoms with van der Waals surface area (Å²) >= 11 is 5.64. The van der Waals surface area contributed by atoms with Gasteiger partial charge in [0.2, 0.25) is 0 Å². The molecule has 0 radical (unpaired) electrons. The Balaban J connectivity index is 2.70. The zero-order chi connectivity index (χ0) is 10.6. The topological polar surface area (TPSA) is 32.3 Å². The molecule has 0 amide bonds. The van der Waals surface area contributed by atoms with Crippen molar-refractivity contribution in [2.45, 2.75) is 13.0 Å². The Morgan fingerprint density at radius 3 is 2.86 bits per heavy atom. The standard InChI is InChI=1S/C10H13ClFNO/c1-7(13-4-5-14)8-2-3-10(12)9(11)6-8/h2-3,6-7,13-14H,4-5H2,1H3/t7-/m1/s1. The van der Waals surface area contributed by atoms with E-state index in [9.17, 15) is 4.39 Å². The van der Waals surface area contributed by atoms with Crippen LogP contribution in [0.2, 0.25) is 5.02 Å². The molecule has 0 aliphatic carbocycles. The van der Waals surface area contributed by atoms with Gasteiger partial charge in [-0.05, 0) is 24.6 Å². The van der Waals surface area contributed by atoms with Crippen molar-refractivity contribution in [3.63, 3.8) is 0 Å². The summed E-state index contributed by atoms with van der Waals surface area (Å²) in [5.41, 5.74) is 0.907. The first kappa shape index (κ1) is 11.4. The minimum Gasteiger partial charge on any atom is -0.395 e. The normalized spacial score (nSPS) is 12.9. The van der Waals surface area contributed by atoms with Crippen molar-refractivity contribution in [2.75, 3.05) is 13.2 Å². The van der Waals surface area contributed by atoms with Crippen LogP contribution in [-0.4, -0.2) is 18.3 Å². The van der Waals surface area contributed by atoms with Crippen LogP contribution in [-0.2, 0) is 0 Å². The fraction of sp³-hybridized carbons (Fsp3) is 0.400. The second-order valence-electron chi connectivity index (χ2n) is 3.07. The molecule has 78 valence electrons. The van der Waals surface area contributed by atoms with E-state index < -0.39 is 5.82 Å². The molecule has 1 aromatic rings. The molecule has 0 heterocycles. The van der Waals surface area contributed by atoms with Crippen molar-refractivity contribution >= 4 is 11.6 Å². The summed E-state index contributed by atoms with van der Waals surface area (Å²) in [6.45, 7) is 2.52. The van der Waals surface area contributed by atoms with Crippen LogP contribution in [0.15, 0.2) is 18.2 Å². The lowest BCUT2D eigenvalue weighted by atomic mass is 10.1. The molecule has 1 atom stereocenters. The van der Waals surface area contributed by atoms with Gasteiger partial charge in [0.05, 0.1) is 11.6 Å². The predicted molar refractivity (Wildman–Crippen MR) is 54.9 cm³/mol. The molecule has 0 fully saturated rings. The molecule has 0 saturated carbocycles. The van der Waals surface area contributed by atoms with E-state index in [0.29, 0.717) is 6.54 Å². The number of hydrogen-bond acceptors (Lipinski definition) is 2. The van der Waals surface area contributed by atoms with Gasteiger partial charge in [-0.25, -0.2) is 4.39 Å². The fourth-order valence-corrected chi connectivity index (χ4v) is 1.37. The molecule has 4 heteroatoms. The summed E-state index contributed by atoms with van der Waals surface area (Å²) in [6.07, 6.45) is 0. The van der Waals surface area contributed by atoms with Crippen LogP contribution in [0.25, 0.3) is 0 Å². The van der Waals surface area contributed by atoms with Crippen molar-refractivity contribution in [1.29, 1.82) is 0 Å². The second kappa shape index (κ2) is 5.29. The average Bonchev–Trinajstić information content (AvgIpc) is 2.18. The number of halogens is 2. The van der Waals surface area contributed by atoms with Gasteiger partial charge in [0.15, 0.2) is 0 Å². The van der Waals surface area contributed by atoms with E-state index in [0.717, 1.165) is 5.56 Å². The number of rotatable bonds is 4. The Morgan fingerprint density at radius 1 is 1.57 bits per heavy atom. The third-order valence-corrected chi connectivity index (χ3v) is 2.30. The van der Waals surface area contributed by atoms with E-state index in [1.807, 2.05) is 6.92 Å². The zero-order valence-electron chi connectivity index (χ0n) is 7.93. The van der Waals surface area contributed by atoms with Gasteiger partial charge in [-0.1, -0.05) is 17.7 Å². The maximum Gasteiger partial charge on any atom is 0.141 e. The highest BCUT2D eigenvalue weighted by atomic mass is 35.5. The number of benzene rings is 1. The molecule has 1 rings (SSSR count). The maximum atomic E-state index is 12.8. The fourth-order valence-electron chi connectivity index (χ4n) is 1.18. The highest BCUT2D eigenvalue weighted by Gasteiger charge is 2.06. The van der Waals surface area contributed by atoms with Crippen LogP contribution in [0.4, 0.5) is 4.39 Å². The first-order valence-electron chi connectivity index (χ1n) is 4.44. The quantitative estimate of drug-likeness (QED) is 0.810. The van der Waals surface area contributed by atoms with E-state index in [1.165, 1.54) is 6.07 Å². The summed E-state index contributed by atoms with van der Waals surface area (Å²) in [6, 6.07) is 4.66. The molecule has 0 spiro atoms. The van der Waals surface area contributed by atoms with Crippen molar-refractivity contribution in [3.8, 4) is 0 Å². The number of hydrogen-bond donors (Lipinski definition) is 2. The Morgan fingerprint density at radius 2 is 2.29 bits per heavy atom. The Hall–Kier alpha value is -0.640. The van der Waals surface area contributed by atoms with Gasteiger partial charge in [0, 0.05) is 12.6 Å². The second-order valence-corrected chi connectivity index (χ2v) is 3.48. The lowest BCUT2D eigenvalue weighted by Crippen LogP contribution is -2.22. The molecule has 2 N–H and O–H groups in total. The Kier molecular flexibility index (Phi) is 4.32. The number of aliphatic hydroxyl groups excluding tert-OH is 1. The third-order valence-electron chi connectivity index (χ3n) is 2.01. The molecule has 0 aliphatic rings. The molecular weight excluding hydrogens is 205 g/mol. The van der Waals surface area contributed by atoms with Crippen molar-refractivity contribution in [1.82, 2.24) is 5.32 Å². The minimum absolute atomic E-state index is 0.0558. The first-order valence-corrected chi connectivity index (χ1v) is 4.82. The zero-order valence-corrected chi connectivity index (χ0v) is 8.68. The van der Waals surface area contributed by atoms with E-state index in [1.54, 1.807) is 12.1 Å². The van der Waals surface area contributed by atoms with Crippen LogP contribution < -0.4 is 5.32 Å². The summed E-state index contributed by atoms with van der Waals surface area (Å²) in [7, 11) is 0. The van der Waals surface area contributed by atoms with Gasteiger partial charge in [-0.2, -0.15) is 0 Å². The van der Waals surface area contributed by atoms with Gasteiger partial charge in [-0.3, -0.25) is 0 Å². The maximum absolute atomic E-state index is 12.8. The van der Waals surface area contributed by atoms with Crippen LogP contribution in [0.1, 0.15) is 18.5 Å². The summed E-state index contributed by atoms with van der Waals surface area (Å²) in [5, 5.41) is 11.8. The molecule has 2 nitrogen and oxygen atoms in total.